The van der Waals surface area contributed by atoms with E-state index in [0.717, 1.165) is 12.8 Å². The number of hydrogen-bond acceptors (Lipinski definition) is 4. The van der Waals surface area contributed by atoms with Gasteiger partial charge in [0.1, 0.15) is 0 Å². The van der Waals surface area contributed by atoms with Crippen molar-refractivity contribution in [2.75, 3.05) is 27.2 Å². The zero-order valence-electron chi connectivity index (χ0n) is 12.3. The molecule has 0 bridgehead atoms. The Morgan fingerprint density at radius 1 is 1.38 bits per heavy atom. The summed E-state index contributed by atoms with van der Waals surface area (Å²) in [6.45, 7) is 1.25. The van der Waals surface area contributed by atoms with Crippen LogP contribution >= 0.6 is 0 Å². The highest BCUT2D eigenvalue weighted by molar-refractivity contribution is 7.89. The number of benzene rings is 1. The lowest BCUT2D eigenvalue weighted by Crippen LogP contribution is -2.33. The van der Waals surface area contributed by atoms with Gasteiger partial charge in [-0.3, -0.25) is 4.79 Å². The number of carbonyl (C=O) groups excluding carboxylic acids is 1. The van der Waals surface area contributed by atoms with E-state index in [9.17, 15) is 13.2 Å². The Kier molecular flexibility index (Phi) is 4.97. The molecule has 2 N–H and O–H groups in total. The quantitative estimate of drug-likeness (QED) is 0.765. The first-order chi connectivity index (χ1) is 9.94. The molecule has 21 heavy (non-hydrogen) atoms. The van der Waals surface area contributed by atoms with Crippen LogP contribution in [0.15, 0.2) is 29.2 Å². The van der Waals surface area contributed by atoms with Gasteiger partial charge in [0.05, 0.1) is 4.90 Å². The molecule has 0 saturated heterocycles. The molecule has 2 rings (SSSR count). The second kappa shape index (κ2) is 6.55. The van der Waals surface area contributed by atoms with E-state index in [4.69, 9.17) is 0 Å². The molecular formula is C14H21N3O3S. The topological polar surface area (TPSA) is 78.5 Å². The molecule has 1 aromatic rings. The van der Waals surface area contributed by atoms with Gasteiger partial charge >= 0.3 is 0 Å². The summed E-state index contributed by atoms with van der Waals surface area (Å²) in [5.41, 5.74) is 0.382. The molecule has 6 nitrogen and oxygen atoms in total. The van der Waals surface area contributed by atoms with Crippen molar-refractivity contribution in [1.82, 2.24) is 14.9 Å². The van der Waals surface area contributed by atoms with Crippen molar-refractivity contribution >= 4 is 15.9 Å². The molecule has 0 heterocycles. The molecule has 0 radical (unpaired) electrons. The maximum Gasteiger partial charge on any atom is 0.253 e. The lowest BCUT2D eigenvalue weighted by atomic mass is 10.2. The third kappa shape index (κ3) is 4.26. The standard InChI is InChI=1S/C14H21N3O3S/c1-15-8-9-17(2)14(18)11-4-3-5-13(10-11)21(19,20)16-12-6-7-12/h3-5,10,12,15-16H,6-9H2,1-2H3. The van der Waals surface area contributed by atoms with Crippen LogP contribution in [0.4, 0.5) is 0 Å². The highest BCUT2D eigenvalue weighted by atomic mass is 32.2. The molecule has 1 amide bonds. The fourth-order valence-electron chi connectivity index (χ4n) is 1.89. The number of likely N-dealkylation sites (N-methyl/N-ethyl adjacent to an activating group) is 2. The first-order valence-corrected chi connectivity index (χ1v) is 8.45. The fourth-order valence-corrected chi connectivity index (χ4v) is 3.24. The summed E-state index contributed by atoms with van der Waals surface area (Å²) in [6.07, 6.45) is 1.76. The van der Waals surface area contributed by atoms with Crippen LogP contribution in [-0.4, -0.2) is 52.5 Å². The molecule has 0 aromatic heterocycles. The summed E-state index contributed by atoms with van der Waals surface area (Å²) >= 11 is 0. The second-order valence-electron chi connectivity index (χ2n) is 5.25. The van der Waals surface area contributed by atoms with Gasteiger partial charge in [0.25, 0.3) is 5.91 Å². The Morgan fingerprint density at radius 3 is 2.71 bits per heavy atom. The minimum atomic E-state index is -3.53. The van der Waals surface area contributed by atoms with E-state index in [1.807, 2.05) is 7.05 Å². The molecule has 0 atom stereocenters. The molecule has 1 aliphatic carbocycles. The maximum atomic E-state index is 12.2. The number of carbonyl (C=O) groups is 1. The number of rotatable bonds is 7. The predicted octanol–water partition coefficient (Wildman–Crippen LogP) is 0.419. The number of sulfonamides is 1. The van der Waals surface area contributed by atoms with Crippen molar-refractivity contribution in [3.05, 3.63) is 29.8 Å². The fraction of sp³-hybridized carbons (Fsp3) is 0.500. The van der Waals surface area contributed by atoms with Crippen molar-refractivity contribution in [2.24, 2.45) is 0 Å². The Morgan fingerprint density at radius 2 is 2.10 bits per heavy atom. The molecule has 0 spiro atoms. The highest BCUT2D eigenvalue weighted by Crippen LogP contribution is 2.22. The second-order valence-corrected chi connectivity index (χ2v) is 6.97. The molecule has 1 aliphatic rings. The van der Waals surface area contributed by atoms with Crippen LogP contribution in [0.25, 0.3) is 0 Å². The number of amides is 1. The third-order valence-corrected chi connectivity index (χ3v) is 4.85. The van der Waals surface area contributed by atoms with Crippen LogP contribution in [0.1, 0.15) is 23.2 Å². The summed E-state index contributed by atoms with van der Waals surface area (Å²) in [7, 11) is -0.0165. The minimum absolute atomic E-state index is 0.0488. The normalized spacial score (nSPS) is 15.0. The number of hydrogen-bond donors (Lipinski definition) is 2. The van der Waals surface area contributed by atoms with Crippen molar-refractivity contribution in [3.63, 3.8) is 0 Å². The molecule has 1 aromatic carbocycles. The van der Waals surface area contributed by atoms with Gasteiger partial charge < -0.3 is 10.2 Å². The van der Waals surface area contributed by atoms with E-state index in [0.29, 0.717) is 18.7 Å². The first kappa shape index (κ1) is 15.9. The summed E-state index contributed by atoms with van der Waals surface area (Å²) < 4.78 is 26.9. The summed E-state index contributed by atoms with van der Waals surface area (Å²) in [5.74, 6) is -0.186. The van der Waals surface area contributed by atoms with Gasteiger partial charge in [-0.1, -0.05) is 6.07 Å². The number of nitrogens with zero attached hydrogens (tertiary/aromatic N) is 1. The molecule has 116 valence electrons. The smallest absolute Gasteiger partial charge is 0.253 e. The van der Waals surface area contributed by atoms with Crippen LogP contribution in [0, 0.1) is 0 Å². The Bertz CT molecular complexity index is 612. The molecule has 1 saturated carbocycles. The lowest BCUT2D eigenvalue weighted by molar-refractivity contribution is 0.0796. The van der Waals surface area contributed by atoms with Crippen molar-refractivity contribution in [3.8, 4) is 0 Å². The monoisotopic (exact) mass is 311 g/mol. The van der Waals surface area contributed by atoms with E-state index in [1.54, 1.807) is 24.1 Å². The van der Waals surface area contributed by atoms with Gasteiger partial charge in [-0.25, -0.2) is 13.1 Å². The van der Waals surface area contributed by atoms with Gasteiger partial charge in [0.15, 0.2) is 0 Å². The molecule has 1 fully saturated rings. The van der Waals surface area contributed by atoms with Crippen molar-refractivity contribution < 1.29 is 13.2 Å². The Labute approximate surface area is 125 Å². The van der Waals surface area contributed by atoms with E-state index in [2.05, 4.69) is 10.0 Å². The zero-order chi connectivity index (χ0) is 15.5. The largest absolute Gasteiger partial charge is 0.340 e. The molecule has 7 heteroatoms. The summed E-state index contributed by atoms with van der Waals surface area (Å²) in [5, 5.41) is 2.97. The Balaban J connectivity index is 2.15. The van der Waals surface area contributed by atoms with Gasteiger partial charge in [0.2, 0.25) is 10.0 Å². The maximum absolute atomic E-state index is 12.2. The van der Waals surface area contributed by atoms with Gasteiger partial charge in [0, 0.05) is 31.7 Å². The average Bonchev–Trinajstić information content (AvgIpc) is 3.27. The minimum Gasteiger partial charge on any atom is -0.340 e. The number of nitrogens with one attached hydrogen (secondary N) is 2. The Hall–Kier alpha value is -1.44. The zero-order valence-corrected chi connectivity index (χ0v) is 13.1. The predicted molar refractivity (Wildman–Crippen MR) is 80.7 cm³/mol. The average molecular weight is 311 g/mol. The van der Waals surface area contributed by atoms with Crippen LogP contribution in [0.3, 0.4) is 0 Å². The lowest BCUT2D eigenvalue weighted by Gasteiger charge is -2.17. The van der Waals surface area contributed by atoms with Crippen molar-refractivity contribution in [2.45, 2.75) is 23.8 Å². The summed E-state index contributed by atoms with van der Waals surface area (Å²) in [6, 6.07) is 6.22. The van der Waals surface area contributed by atoms with Gasteiger partial charge in [-0.2, -0.15) is 0 Å². The molecule has 0 unspecified atom stereocenters. The van der Waals surface area contributed by atoms with E-state index in [1.165, 1.54) is 12.1 Å². The summed E-state index contributed by atoms with van der Waals surface area (Å²) in [4.78, 5) is 14.0. The first-order valence-electron chi connectivity index (χ1n) is 6.96. The highest BCUT2D eigenvalue weighted by Gasteiger charge is 2.28. The van der Waals surface area contributed by atoms with Crippen LogP contribution < -0.4 is 10.0 Å². The van der Waals surface area contributed by atoms with E-state index < -0.39 is 10.0 Å². The van der Waals surface area contributed by atoms with Gasteiger partial charge in [-0.15, -0.1) is 0 Å². The van der Waals surface area contributed by atoms with Crippen LogP contribution in [0.5, 0.6) is 0 Å². The SMILES string of the molecule is CNCCN(C)C(=O)c1cccc(S(=O)(=O)NC2CC2)c1. The van der Waals surface area contributed by atoms with Crippen LogP contribution in [0.2, 0.25) is 0 Å². The molecular weight excluding hydrogens is 290 g/mol. The van der Waals surface area contributed by atoms with E-state index in [-0.39, 0.29) is 16.8 Å². The van der Waals surface area contributed by atoms with Crippen LogP contribution in [-0.2, 0) is 10.0 Å². The van der Waals surface area contributed by atoms with E-state index >= 15 is 0 Å². The third-order valence-electron chi connectivity index (χ3n) is 3.33. The van der Waals surface area contributed by atoms with Crippen molar-refractivity contribution in [1.29, 1.82) is 0 Å². The van der Waals surface area contributed by atoms with Gasteiger partial charge in [-0.05, 0) is 38.1 Å². The molecule has 0 aliphatic heterocycles.